The summed E-state index contributed by atoms with van der Waals surface area (Å²) < 4.78 is 0.810. The lowest BCUT2D eigenvalue weighted by Crippen LogP contribution is -2.12. The first kappa shape index (κ1) is 11.4. The van der Waals surface area contributed by atoms with Gasteiger partial charge in [-0.05, 0) is 18.2 Å². The summed E-state index contributed by atoms with van der Waals surface area (Å²) in [7, 11) is 0. The minimum Gasteiger partial charge on any atom is -0.384 e. The largest absolute Gasteiger partial charge is 0.384 e. The van der Waals surface area contributed by atoms with E-state index in [0.29, 0.717) is 10.6 Å². The minimum atomic E-state index is -0.00508. The number of rotatable bonds is 3. The third-order valence-corrected chi connectivity index (χ3v) is 3.86. The molecule has 0 atom stereocenters. The third kappa shape index (κ3) is 2.52. The molecule has 1 aromatic carbocycles. The van der Waals surface area contributed by atoms with Crippen molar-refractivity contribution in [1.82, 2.24) is 10.2 Å². The Morgan fingerprint density at radius 3 is 2.94 bits per heavy atom. The molecule has 2 aromatic rings. The average Bonchev–Trinajstić information content (AvgIpc) is 2.73. The lowest BCUT2D eigenvalue weighted by Gasteiger charge is -2.05. The van der Waals surface area contributed by atoms with Crippen LogP contribution in [0.15, 0.2) is 32.9 Å². The van der Waals surface area contributed by atoms with Crippen LogP contribution in [0.3, 0.4) is 0 Å². The topological polar surface area (TPSA) is 75.7 Å². The van der Waals surface area contributed by atoms with Crippen LogP contribution in [0, 0.1) is 5.41 Å². The highest BCUT2D eigenvalue weighted by atomic mass is 35.5. The van der Waals surface area contributed by atoms with Crippen molar-refractivity contribution in [3.05, 3.63) is 34.3 Å². The summed E-state index contributed by atoms with van der Waals surface area (Å²) >= 11 is 8.72. The van der Waals surface area contributed by atoms with Crippen LogP contribution in [-0.4, -0.2) is 16.0 Å². The standard InChI is InChI=1S/C9H7ClN4S2/c10-5-1-2-7(6(3-5)8(11)12)16-9-14-13-4-15-9/h1-4H,(H3,11,12). The summed E-state index contributed by atoms with van der Waals surface area (Å²) in [5, 5.41) is 15.7. The van der Waals surface area contributed by atoms with Crippen LogP contribution >= 0.6 is 34.7 Å². The molecule has 0 saturated heterocycles. The van der Waals surface area contributed by atoms with Gasteiger partial charge in [0.25, 0.3) is 0 Å². The van der Waals surface area contributed by atoms with Crippen LogP contribution < -0.4 is 5.73 Å². The van der Waals surface area contributed by atoms with E-state index < -0.39 is 0 Å². The molecule has 7 heteroatoms. The van der Waals surface area contributed by atoms with Gasteiger partial charge >= 0.3 is 0 Å². The van der Waals surface area contributed by atoms with Gasteiger partial charge in [-0.25, -0.2) is 0 Å². The Hall–Kier alpha value is -1.11. The number of aromatic nitrogens is 2. The van der Waals surface area contributed by atoms with Gasteiger partial charge in [0, 0.05) is 15.5 Å². The molecule has 0 amide bonds. The van der Waals surface area contributed by atoms with E-state index in [0.717, 1.165) is 9.24 Å². The summed E-state index contributed by atoms with van der Waals surface area (Å²) in [4.78, 5) is 0.855. The molecule has 0 fully saturated rings. The SMILES string of the molecule is N=C(N)c1cc(Cl)ccc1Sc1nncs1. The zero-order valence-corrected chi connectivity index (χ0v) is 10.4. The highest BCUT2D eigenvalue weighted by Crippen LogP contribution is 2.32. The van der Waals surface area contributed by atoms with Crippen molar-refractivity contribution in [1.29, 1.82) is 5.41 Å². The fourth-order valence-electron chi connectivity index (χ4n) is 1.10. The smallest absolute Gasteiger partial charge is 0.178 e. The van der Waals surface area contributed by atoms with E-state index >= 15 is 0 Å². The molecule has 16 heavy (non-hydrogen) atoms. The molecule has 0 aliphatic heterocycles. The zero-order valence-electron chi connectivity index (χ0n) is 7.98. The van der Waals surface area contributed by atoms with Crippen molar-refractivity contribution in [3.8, 4) is 0 Å². The van der Waals surface area contributed by atoms with Crippen molar-refractivity contribution in [2.75, 3.05) is 0 Å². The fraction of sp³-hybridized carbons (Fsp3) is 0. The third-order valence-electron chi connectivity index (χ3n) is 1.77. The Bertz CT molecular complexity index is 512. The molecule has 0 aliphatic rings. The lowest BCUT2D eigenvalue weighted by atomic mass is 10.2. The molecule has 0 bridgehead atoms. The maximum Gasteiger partial charge on any atom is 0.178 e. The van der Waals surface area contributed by atoms with Crippen LogP contribution in [-0.2, 0) is 0 Å². The van der Waals surface area contributed by atoms with Crippen molar-refractivity contribution < 1.29 is 0 Å². The number of benzene rings is 1. The summed E-state index contributed by atoms with van der Waals surface area (Å²) in [6.07, 6.45) is 0. The second-order valence-electron chi connectivity index (χ2n) is 2.86. The molecule has 3 N–H and O–H groups in total. The predicted molar refractivity (Wildman–Crippen MR) is 66.5 cm³/mol. The quantitative estimate of drug-likeness (QED) is 0.664. The van der Waals surface area contributed by atoms with Crippen molar-refractivity contribution in [2.24, 2.45) is 5.73 Å². The Morgan fingerprint density at radius 2 is 2.31 bits per heavy atom. The van der Waals surface area contributed by atoms with Gasteiger partial charge in [0.05, 0.1) is 0 Å². The van der Waals surface area contributed by atoms with Gasteiger partial charge in [0.1, 0.15) is 11.3 Å². The van der Waals surface area contributed by atoms with E-state index in [1.165, 1.54) is 23.1 Å². The van der Waals surface area contributed by atoms with Gasteiger partial charge < -0.3 is 5.73 Å². The van der Waals surface area contributed by atoms with Crippen molar-refractivity contribution in [2.45, 2.75) is 9.24 Å². The van der Waals surface area contributed by atoms with Gasteiger partial charge in [-0.15, -0.1) is 10.2 Å². The second kappa shape index (κ2) is 4.82. The molecule has 1 aromatic heterocycles. The number of hydrogen-bond donors (Lipinski definition) is 2. The van der Waals surface area contributed by atoms with Crippen LogP contribution in [0.25, 0.3) is 0 Å². The lowest BCUT2D eigenvalue weighted by molar-refractivity contribution is 1.01. The van der Waals surface area contributed by atoms with Gasteiger partial charge in [0.2, 0.25) is 0 Å². The molecule has 0 spiro atoms. The maximum absolute atomic E-state index is 7.47. The average molecular weight is 271 g/mol. The summed E-state index contributed by atoms with van der Waals surface area (Å²) in [6, 6.07) is 5.26. The Morgan fingerprint density at radius 1 is 1.50 bits per heavy atom. The van der Waals surface area contributed by atoms with Gasteiger partial charge in [-0.1, -0.05) is 34.7 Å². The van der Waals surface area contributed by atoms with E-state index in [1.807, 2.05) is 6.07 Å². The molecule has 4 nitrogen and oxygen atoms in total. The van der Waals surface area contributed by atoms with Gasteiger partial charge in [-0.2, -0.15) is 0 Å². The van der Waals surface area contributed by atoms with Crippen molar-refractivity contribution >= 4 is 40.5 Å². The first-order valence-corrected chi connectivity index (χ1v) is 6.32. The van der Waals surface area contributed by atoms with Crippen LogP contribution in [0.2, 0.25) is 5.02 Å². The van der Waals surface area contributed by atoms with E-state index in [9.17, 15) is 0 Å². The number of amidine groups is 1. The highest BCUT2D eigenvalue weighted by Gasteiger charge is 2.09. The molecule has 0 aliphatic carbocycles. The molecule has 0 saturated carbocycles. The van der Waals surface area contributed by atoms with Gasteiger partial charge in [0.15, 0.2) is 4.34 Å². The maximum atomic E-state index is 7.47. The van der Waals surface area contributed by atoms with Gasteiger partial charge in [-0.3, -0.25) is 5.41 Å². The summed E-state index contributed by atoms with van der Waals surface area (Å²) in [5.41, 5.74) is 7.77. The Labute approximate surface area is 105 Å². The minimum absolute atomic E-state index is 0.00508. The second-order valence-corrected chi connectivity index (χ2v) is 5.42. The number of nitrogen functional groups attached to an aromatic ring is 1. The first-order valence-electron chi connectivity index (χ1n) is 4.25. The first-order chi connectivity index (χ1) is 7.66. The number of hydrogen-bond acceptors (Lipinski definition) is 5. The van der Waals surface area contributed by atoms with Crippen LogP contribution in [0.1, 0.15) is 5.56 Å². The van der Waals surface area contributed by atoms with Crippen molar-refractivity contribution in [3.63, 3.8) is 0 Å². The normalized spacial score (nSPS) is 10.3. The van der Waals surface area contributed by atoms with E-state index in [1.54, 1.807) is 17.6 Å². The van der Waals surface area contributed by atoms with Crippen LogP contribution in [0.4, 0.5) is 0 Å². The van der Waals surface area contributed by atoms with Crippen LogP contribution in [0.5, 0.6) is 0 Å². The summed E-state index contributed by atoms with van der Waals surface area (Å²) in [6.45, 7) is 0. The number of nitrogens with one attached hydrogen (secondary N) is 1. The zero-order chi connectivity index (χ0) is 11.5. The summed E-state index contributed by atoms with van der Waals surface area (Å²) in [5.74, 6) is -0.00508. The van der Waals surface area contributed by atoms with E-state index in [-0.39, 0.29) is 5.84 Å². The molecule has 1 heterocycles. The number of halogens is 1. The van der Waals surface area contributed by atoms with E-state index in [4.69, 9.17) is 22.7 Å². The number of nitrogens with two attached hydrogens (primary N) is 1. The molecule has 82 valence electrons. The Kier molecular flexibility index (Phi) is 3.42. The highest BCUT2D eigenvalue weighted by molar-refractivity contribution is 8.01. The molecular formula is C9H7ClN4S2. The number of nitrogens with zero attached hydrogens (tertiary/aromatic N) is 2. The molecule has 0 radical (unpaired) electrons. The monoisotopic (exact) mass is 270 g/mol. The Balaban J connectivity index is 2.36. The van der Waals surface area contributed by atoms with E-state index in [2.05, 4.69) is 10.2 Å². The molecule has 0 unspecified atom stereocenters. The predicted octanol–water partition coefficient (Wildman–Crippen LogP) is 2.63. The molecular weight excluding hydrogens is 264 g/mol. The molecule has 2 rings (SSSR count). The fourth-order valence-corrected chi connectivity index (χ4v) is 2.84.